The predicted molar refractivity (Wildman–Crippen MR) is 133 cm³/mol. The molecule has 0 heterocycles. The summed E-state index contributed by atoms with van der Waals surface area (Å²) in [6.45, 7) is 24.7. The highest BCUT2D eigenvalue weighted by Crippen LogP contribution is 2.28. The summed E-state index contributed by atoms with van der Waals surface area (Å²) >= 11 is 0. The van der Waals surface area contributed by atoms with Crippen LogP contribution < -0.4 is 0 Å². The van der Waals surface area contributed by atoms with Gasteiger partial charge in [0.15, 0.2) is 0 Å². The first kappa shape index (κ1) is 40.6. The average molecular weight is 377 g/mol. The zero-order valence-corrected chi connectivity index (χ0v) is 19.9. The molecule has 0 N–H and O–H groups in total. The molecule has 168 valence electrons. The van der Waals surface area contributed by atoms with Gasteiger partial charge in [-0.25, -0.2) is 0 Å². The molecule has 0 aliphatic rings. The lowest BCUT2D eigenvalue weighted by molar-refractivity contribution is 0.286. The molecule has 0 aliphatic carbocycles. The molecule has 0 fully saturated rings. The molecule has 0 heteroatoms. The third-order valence-electron chi connectivity index (χ3n) is 5.50. The first-order chi connectivity index (χ1) is 11.4. The van der Waals surface area contributed by atoms with Crippen LogP contribution in [0.2, 0.25) is 0 Å². The maximum absolute atomic E-state index is 2.35. The molecule has 0 aromatic rings. The Hall–Kier alpha value is 0. The molecular formula is C26H64. The van der Waals surface area contributed by atoms with Crippen LogP contribution in [-0.4, -0.2) is 0 Å². The van der Waals surface area contributed by atoms with Crippen LogP contribution in [0.3, 0.4) is 0 Å². The largest absolute Gasteiger partial charge is 0.0776 e. The third kappa shape index (κ3) is 39.2. The van der Waals surface area contributed by atoms with E-state index < -0.39 is 0 Å². The van der Waals surface area contributed by atoms with E-state index in [9.17, 15) is 0 Å². The Morgan fingerprint density at radius 1 is 0.500 bits per heavy atom. The topological polar surface area (TPSA) is 0 Å². The van der Waals surface area contributed by atoms with Crippen molar-refractivity contribution in [3.8, 4) is 0 Å². The van der Waals surface area contributed by atoms with Crippen molar-refractivity contribution in [2.75, 3.05) is 0 Å². The van der Waals surface area contributed by atoms with E-state index in [1.807, 2.05) is 0 Å². The molecule has 0 bridgehead atoms. The minimum Gasteiger partial charge on any atom is -0.0776 e. The van der Waals surface area contributed by atoms with Crippen molar-refractivity contribution in [3.63, 3.8) is 0 Å². The first-order valence-electron chi connectivity index (χ1n) is 11.4. The predicted octanol–water partition coefficient (Wildman–Crippen LogP) is 11.3. The quantitative estimate of drug-likeness (QED) is 0.375. The van der Waals surface area contributed by atoms with Gasteiger partial charge in [-0.05, 0) is 11.3 Å². The summed E-state index contributed by atoms with van der Waals surface area (Å²) in [6, 6.07) is 0. The average Bonchev–Trinajstić information content (AvgIpc) is 2.64. The molecule has 0 aliphatic heterocycles. The lowest BCUT2D eigenvalue weighted by Crippen LogP contribution is -2.10. The fourth-order valence-corrected chi connectivity index (χ4v) is 1.97. The van der Waals surface area contributed by atoms with E-state index in [-0.39, 0.29) is 14.9 Å². The minimum absolute atomic E-state index is 0. The van der Waals surface area contributed by atoms with Crippen LogP contribution in [0.1, 0.15) is 162 Å². The highest BCUT2D eigenvalue weighted by Gasteiger charge is 2.15. The molecule has 0 aromatic carbocycles. The normalized spacial score (nSPS) is 9.23. The molecule has 0 saturated heterocycles. The van der Waals surface area contributed by atoms with Gasteiger partial charge in [0.05, 0.1) is 0 Å². The SMILES string of the molecule is C.C.CCC(C)(CC)CC.CCC(CC)CC.CCCC.CCCCC. The summed E-state index contributed by atoms with van der Waals surface area (Å²) in [4.78, 5) is 0. The molecule has 0 radical (unpaired) electrons. The minimum atomic E-state index is 0. The van der Waals surface area contributed by atoms with Crippen LogP contribution in [0.25, 0.3) is 0 Å². The maximum Gasteiger partial charge on any atom is -0.0334 e. The van der Waals surface area contributed by atoms with E-state index in [0.29, 0.717) is 5.41 Å². The molecule has 0 spiro atoms. The Kier molecular flexibility index (Phi) is 56.2. The zero-order valence-electron chi connectivity index (χ0n) is 19.9. The standard InChI is InChI=1S/C8H18.C7H16.C5H12.C4H10.2CH4/c1-5-8(4,6-2)7-3;1-4-7(5-2)6-3;1-3-5-4-2;1-3-4-2;;/h5-7H2,1-4H3;7H,4-6H2,1-3H3;3-5H2,1-2H3;3-4H2,1-2H3;2*1H4. The Labute approximate surface area is 173 Å². The van der Waals surface area contributed by atoms with Gasteiger partial charge in [0.25, 0.3) is 0 Å². The molecule has 0 nitrogen and oxygen atoms in total. The second-order valence-electron chi connectivity index (χ2n) is 7.32. The fraction of sp³-hybridized carbons (Fsp3) is 1.00. The number of rotatable bonds is 9. The van der Waals surface area contributed by atoms with Crippen LogP contribution >= 0.6 is 0 Å². The molecule has 26 heavy (non-hydrogen) atoms. The summed E-state index contributed by atoms with van der Waals surface area (Å²) < 4.78 is 0. The Morgan fingerprint density at radius 3 is 0.769 bits per heavy atom. The van der Waals surface area contributed by atoms with Crippen LogP contribution in [0.15, 0.2) is 0 Å². The van der Waals surface area contributed by atoms with Crippen LogP contribution in [0.5, 0.6) is 0 Å². The van der Waals surface area contributed by atoms with Gasteiger partial charge in [0.1, 0.15) is 0 Å². The summed E-state index contributed by atoms with van der Waals surface area (Å²) in [7, 11) is 0. The smallest absolute Gasteiger partial charge is 0.0334 e. The van der Waals surface area contributed by atoms with Crippen molar-refractivity contribution < 1.29 is 0 Å². The monoisotopic (exact) mass is 377 g/mol. The third-order valence-corrected chi connectivity index (χ3v) is 5.50. The van der Waals surface area contributed by atoms with E-state index >= 15 is 0 Å². The molecule has 0 saturated carbocycles. The molecule has 0 unspecified atom stereocenters. The molecule has 0 aromatic heterocycles. The van der Waals surface area contributed by atoms with Crippen LogP contribution in [-0.2, 0) is 0 Å². The number of hydrogen-bond donors (Lipinski definition) is 0. The number of hydrogen-bond acceptors (Lipinski definition) is 0. The Balaban J connectivity index is -0.0000000516. The second kappa shape index (κ2) is 36.0. The van der Waals surface area contributed by atoms with Crippen LogP contribution in [0, 0.1) is 11.3 Å². The summed E-state index contributed by atoms with van der Waals surface area (Å²) in [5.74, 6) is 0.986. The Bertz CT molecular complexity index is 145. The van der Waals surface area contributed by atoms with Crippen molar-refractivity contribution in [1.29, 1.82) is 0 Å². The highest BCUT2D eigenvalue weighted by atomic mass is 14.2. The van der Waals surface area contributed by atoms with E-state index in [1.54, 1.807) is 0 Å². The Morgan fingerprint density at radius 2 is 0.769 bits per heavy atom. The second-order valence-corrected chi connectivity index (χ2v) is 7.32. The lowest BCUT2D eigenvalue weighted by atomic mass is 9.82. The van der Waals surface area contributed by atoms with Gasteiger partial charge in [-0.15, -0.1) is 0 Å². The van der Waals surface area contributed by atoms with E-state index in [2.05, 4.69) is 76.2 Å². The molecule has 0 rings (SSSR count). The molecular weight excluding hydrogens is 312 g/mol. The lowest BCUT2D eigenvalue weighted by Gasteiger charge is -2.23. The molecule has 0 amide bonds. The van der Waals surface area contributed by atoms with Gasteiger partial charge in [-0.2, -0.15) is 0 Å². The van der Waals surface area contributed by atoms with Crippen molar-refractivity contribution in [1.82, 2.24) is 0 Å². The van der Waals surface area contributed by atoms with Gasteiger partial charge < -0.3 is 0 Å². The van der Waals surface area contributed by atoms with E-state index in [1.165, 1.54) is 70.6 Å². The highest BCUT2D eigenvalue weighted by molar-refractivity contribution is 4.67. The van der Waals surface area contributed by atoms with Gasteiger partial charge in [0.2, 0.25) is 0 Å². The van der Waals surface area contributed by atoms with Gasteiger partial charge in [-0.3, -0.25) is 0 Å². The maximum atomic E-state index is 2.35. The van der Waals surface area contributed by atoms with Gasteiger partial charge in [-0.1, -0.05) is 162 Å². The van der Waals surface area contributed by atoms with E-state index in [0.717, 1.165) is 5.92 Å². The van der Waals surface area contributed by atoms with Crippen molar-refractivity contribution >= 4 is 0 Å². The van der Waals surface area contributed by atoms with Crippen molar-refractivity contribution in [2.24, 2.45) is 11.3 Å². The summed E-state index contributed by atoms with van der Waals surface area (Å²) in [5, 5.41) is 0. The zero-order chi connectivity index (χ0) is 19.9. The van der Waals surface area contributed by atoms with Crippen molar-refractivity contribution in [2.45, 2.75) is 162 Å². The van der Waals surface area contributed by atoms with Crippen LogP contribution in [0.4, 0.5) is 0 Å². The summed E-state index contributed by atoms with van der Waals surface area (Å²) in [6.07, 6.45) is 14.7. The summed E-state index contributed by atoms with van der Waals surface area (Å²) in [5.41, 5.74) is 0.625. The van der Waals surface area contributed by atoms with Gasteiger partial charge in [0, 0.05) is 0 Å². The first-order valence-corrected chi connectivity index (χ1v) is 11.4. The van der Waals surface area contributed by atoms with Gasteiger partial charge >= 0.3 is 0 Å². The van der Waals surface area contributed by atoms with E-state index in [4.69, 9.17) is 0 Å². The molecule has 0 atom stereocenters. The fourth-order valence-electron chi connectivity index (χ4n) is 1.97. The van der Waals surface area contributed by atoms with Crippen molar-refractivity contribution in [3.05, 3.63) is 0 Å². The number of unbranched alkanes of at least 4 members (excludes halogenated alkanes) is 3.